The second-order valence-electron chi connectivity index (χ2n) is 6.50. The molecule has 0 bridgehead atoms. The molecule has 3 rings (SSSR count). The zero-order chi connectivity index (χ0) is 22.2. The van der Waals surface area contributed by atoms with E-state index < -0.39 is 35.6 Å². The predicted molar refractivity (Wildman–Crippen MR) is 101 cm³/mol. The smallest absolute Gasteiger partial charge is 0.416 e. The summed E-state index contributed by atoms with van der Waals surface area (Å²) in [4.78, 5) is 31.4. The number of ether oxygens (including phenoxy) is 1. The first kappa shape index (κ1) is 21.8. The van der Waals surface area contributed by atoms with Gasteiger partial charge in [0.25, 0.3) is 5.91 Å². The number of benzene rings is 1. The zero-order valence-electron chi connectivity index (χ0n) is 15.8. The van der Waals surface area contributed by atoms with Crippen LogP contribution in [0.4, 0.5) is 33.9 Å². The molecule has 1 aliphatic heterocycles. The number of carbonyl (C=O) groups excluding carboxylic acids is 2. The molecule has 2 amide bonds. The molecule has 0 saturated carbocycles. The van der Waals surface area contributed by atoms with Gasteiger partial charge in [0.1, 0.15) is 18.2 Å². The van der Waals surface area contributed by atoms with Crippen molar-refractivity contribution in [3.8, 4) is 0 Å². The van der Waals surface area contributed by atoms with Gasteiger partial charge in [-0.1, -0.05) is 11.6 Å². The Morgan fingerprint density at radius 2 is 2.03 bits per heavy atom. The van der Waals surface area contributed by atoms with Crippen LogP contribution in [0, 0.1) is 12.7 Å². The van der Waals surface area contributed by atoms with Crippen LogP contribution in [0.15, 0.2) is 30.3 Å². The number of anilines is 2. The second-order valence-corrected chi connectivity index (χ2v) is 6.90. The van der Waals surface area contributed by atoms with Crippen molar-refractivity contribution in [1.29, 1.82) is 0 Å². The number of cyclic esters (lactones) is 1. The number of amides is 2. The van der Waals surface area contributed by atoms with Crippen molar-refractivity contribution in [2.24, 2.45) is 0 Å². The number of hydrogen-bond donors (Lipinski definition) is 0. The SMILES string of the molecule is CCN(C(=O)[C@@H]1COC(=O)N1c1cc(C(F)(F)F)cc(C)n1)c1ccc(F)c(Cl)c1. The van der Waals surface area contributed by atoms with Gasteiger partial charge >= 0.3 is 12.3 Å². The van der Waals surface area contributed by atoms with Gasteiger partial charge in [0.05, 0.1) is 10.6 Å². The zero-order valence-corrected chi connectivity index (χ0v) is 16.6. The molecule has 1 aromatic carbocycles. The Kier molecular flexibility index (Phi) is 5.89. The van der Waals surface area contributed by atoms with Gasteiger partial charge in [-0.3, -0.25) is 4.79 Å². The molecule has 0 spiro atoms. The Labute approximate surface area is 174 Å². The molecule has 2 aromatic rings. The maximum Gasteiger partial charge on any atom is 0.416 e. The maximum atomic E-state index is 13.5. The molecule has 1 aromatic heterocycles. The lowest BCUT2D eigenvalue weighted by molar-refractivity contribution is -0.137. The van der Waals surface area contributed by atoms with Crippen LogP contribution in [-0.2, 0) is 15.7 Å². The van der Waals surface area contributed by atoms with Crippen LogP contribution < -0.4 is 9.80 Å². The first-order chi connectivity index (χ1) is 14.0. The summed E-state index contributed by atoms with van der Waals surface area (Å²) in [5.41, 5.74) is -0.724. The minimum Gasteiger partial charge on any atom is -0.446 e. The Hall–Kier alpha value is -2.88. The Balaban J connectivity index is 1.99. The minimum absolute atomic E-state index is 0.0170. The van der Waals surface area contributed by atoms with Gasteiger partial charge in [-0.2, -0.15) is 13.2 Å². The highest BCUT2D eigenvalue weighted by Crippen LogP contribution is 2.33. The molecule has 11 heteroatoms. The number of hydrogen-bond acceptors (Lipinski definition) is 4. The summed E-state index contributed by atoms with van der Waals surface area (Å²) in [7, 11) is 0. The molecule has 1 atom stereocenters. The number of nitrogens with zero attached hydrogens (tertiary/aromatic N) is 3. The number of alkyl halides is 3. The van der Waals surface area contributed by atoms with Crippen LogP contribution in [-0.4, -0.2) is 36.2 Å². The summed E-state index contributed by atoms with van der Waals surface area (Å²) in [5, 5.41) is -0.204. The van der Waals surface area contributed by atoms with Gasteiger partial charge in [0.2, 0.25) is 0 Å². The summed E-state index contributed by atoms with van der Waals surface area (Å²) in [5.74, 6) is -1.66. The Morgan fingerprint density at radius 3 is 2.63 bits per heavy atom. The molecule has 1 aliphatic rings. The molecular weight excluding hydrogens is 430 g/mol. The van der Waals surface area contributed by atoms with E-state index >= 15 is 0 Å². The molecule has 2 heterocycles. The molecule has 30 heavy (non-hydrogen) atoms. The highest BCUT2D eigenvalue weighted by molar-refractivity contribution is 6.31. The van der Waals surface area contributed by atoms with Crippen molar-refractivity contribution < 1.29 is 31.9 Å². The highest BCUT2D eigenvalue weighted by Gasteiger charge is 2.43. The Morgan fingerprint density at radius 1 is 1.33 bits per heavy atom. The van der Waals surface area contributed by atoms with Crippen molar-refractivity contribution in [2.75, 3.05) is 23.0 Å². The lowest BCUT2D eigenvalue weighted by atomic mass is 10.1. The van der Waals surface area contributed by atoms with E-state index in [9.17, 15) is 27.2 Å². The first-order valence-electron chi connectivity index (χ1n) is 8.81. The number of pyridine rings is 1. The van der Waals surface area contributed by atoms with E-state index in [1.54, 1.807) is 6.92 Å². The summed E-state index contributed by atoms with van der Waals surface area (Å²) in [6, 6.07) is 3.92. The number of aryl methyl sites for hydroxylation is 1. The van der Waals surface area contributed by atoms with Crippen LogP contribution in [0.3, 0.4) is 0 Å². The van der Waals surface area contributed by atoms with Crippen molar-refractivity contribution in [1.82, 2.24) is 4.98 Å². The van der Waals surface area contributed by atoms with Crippen LogP contribution in [0.2, 0.25) is 5.02 Å². The van der Waals surface area contributed by atoms with E-state index in [1.165, 1.54) is 24.0 Å². The van der Waals surface area contributed by atoms with Crippen molar-refractivity contribution in [3.05, 3.63) is 52.4 Å². The van der Waals surface area contributed by atoms with Crippen LogP contribution >= 0.6 is 11.6 Å². The van der Waals surface area contributed by atoms with Gasteiger partial charge < -0.3 is 9.64 Å². The molecule has 160 valence electrons. The standard InChI is InChI=1S/C19H16ClF4N3O3/c1-3-26(12-4-5-14(21)13(20)8-12)17(28)15-9-30-18(29)27(15)16-7-11(19(22,23)24)6-10(2)25-16/h4-8,15H,3,9H2,1-2H3/t15-/m0/s1. The van der Waals surface area contributed by atoms with E-state index in [0.717, 1.165) is 17.0 Å². The fourth-order valence-corrected chi connectivity index (χ4v) is 3.27. The van der Waals surface area contributed by atoms with E-state index in [0.29, 0.717) is 6.07 Å². The quantitative estimate of drug-likeness (QED) is 0.646. The van der Waals surface area contributed by atoms with Gasteiger partial charge in [0, 0.05) is 17.9 Å². The van der Waals surface area contributed by atoms with Crippen LogP contribution in [0.5, 0.6) is 0 Å². The first-order valence-corrected chi connectivity index (χ1v) is 9.19. The monoisotopic (exact) mass is 445 g/mol. The number of aromatic nitrogens is 1. The number of likely N-dealkylation sites (N-methyl/N-ethyl adjacent to an activating group) is 1. The van der Waals surface area contributed by atoms with E-state index in [2.05, 4.69) is 4.98 Å². The van der Waals surface area contributed by atoms with Gasteiger partial charge in [-0.05, 0) is 44.2 Å². The number of halogens is 5. The fraction of sp³-hybridized carbons (Fsp3) is 0.316. The van der Waals surface area contributed by atoms with Gasteiger partial charge in [-0.25, -0.2) is 19.1 Å². The van der Waals surface area contributed by atoms with Crippen molar-refractivity contribution in [2.45, 2.75) is 26.1 Å². The largest absolute Gasteiger partial charge is 0.446 e. The fourth-order valence-electron chi connectivity index (χ4n) is 3.09. The lowest BCUT2D eigenvalue weighted by Crippen LogP contribution is -2.48. The van der Waals surface area contributed by atoms with E-state index in [1.807, 2.05) is 0 Å². The molecule has 6 nitrogen and oxygen atoms in total. The van der Waals surface area contributed by atoms with Crippen molar-refractivity contribution >= 4 is 35.1 Å². The highest BCUT2D eigenvalue weighted by atomic mass is 35.5. The average molecular weight is 446 g/mol. The van der Waals surface area contributed by atoms with Gasteiger partial charge in [0.15, 0.2) is 6.04 Å². The Bertz CT molecular complexity index is 999. The topological polar surface area (TPSA) is 62.7 Å². The van der Waals surface area contributed by atoms with E-state index in [-0.39, 0.29) is 35.4 Å². The molecular formula is C19H16ClF4N3O3. The maximum absolute atomic E-state index is 13.5. The third-order valence-electron chi connectivity index (χ3n) is 4.47. The summed E-state index contributed by atoms with van der Waals surface area (Å²) in [6.07, 6.45) is -5.65. The van der Waals surface area contributed by atoms with E-state index in [4.69, 9.17) is 16.3 Å². The molecule has 1 saturated heterocycles. The molecule has 1 fully saturated rings. The van der Waals surface area contributed by atoms with Crippen molar-refractivity contribution in [3.63, 3.8) is 0 Å². The van der Waals surface area contributed by atoms with Crippen LogP contribution in [0.25, 0.3) is 0 Å². The molecule has 0 radical (unpaired) electrons. The second kappa shape index (κ2) is 8.10. The average Bonchev–Trinajstić information content (AvgIpc) is 3.05. The number of carbonyl (C=O) groups is 2. The van der Waals surface area contributed by atoms with Crippen LogP contribution in [0.1, 0.15) is 18.2 Å². The lowest BCUT2D eigenvalue weighted by Gasteiger charge is -2.27. The molecule has 0 aliphatic carbocycles. The molecule has 0 N–H and O–H groups in total. The summed E-state index contributed by atoms with van der Waals surface area (Å²) in [6.45, 7) is 2.74. The summed E-state index contributed by atoms with van der Waals surface area (Å²) < 4.78 is 57.9. The third-order valence-corrected chi connectivity index (χ3v) is 4.76. The number of rotatable bonds is 4. The van der Waals surface area contributed by atoms with Gasteiger partial charge in [-0.15, -0.1) is 0 Å². The predicted octanol–water partition coefficient (Wildman–Crippen LogP) is 4.58. The third kappa shape index (κ3) is 4.18. The normalized spacial score (nSPS) is 16.6. The molecule has 0 unspecified atom stereocenters. The summed E-state index contributed by atoms with van der Waals surface area (Å²) >= 11 is 5.79. The minimum atomic E-state index is -4.66.